The molecule has 3 nitrogen and oxygen atoms in total. The van der Waals surface area contributed by atoms with Crippen molar-refractivity contribution < 1.29 is 9.47 Å². The Bertz CT molecular complexity index is 676. The molecule has 0 saturated heterocycles. The number of hydrogen-bond donors (Lipinski definition) is 1. The summed E-state index contributed by atoms with van der Waals surface area (Å²) in [6, 6.07) is 9.79. The van der Waals surface area contributed by atoms with Crippen molar-refractivity contribution in [3.05, 3.63) is 51.0 Å². The van der Waals surface area contributed by atoms with E-state index in [2.05, 4.69) is 21.2 Å². The minimum atomic E-state index is 0.635. The maximum Gasteiger partial charge on any atom is 0.142 e. The van der Waals surface area contributed by atoms with Crippen molar-refractivity contribution in [3.63, 3.8) is 0 Å². The van der Waals surface area contributed by atoms with E-state index in [0.29, 0.717) is 6.54 Å². The van der Waals surface area contributed by atoms with Crippen LogP contribution < -0.4 is 14.8 Å². The summed E-state index contributed by atoms with van der Waals surface area (Å²) in [5, 5.41) is 4.13. The number of halogens is 2. The molecule has 0 atom stereocenters. The summed E-state index contributed by atoms with van der Waals surface area (Å²) in [4.78, 5) is 0. The summed E-state index contributed by atoms with van der Waals surface area (Å²) in [5.41, 5.74) is 3.18. The van der Waals surface area contributed by atoms with Crippen LogP contribution in [-0.2, 0) is 13.0 Å². The van der Waals surface area contributed by atoms with Crippen LogP contribution in [0.4, 0.5) is 5.69 Å². The van der Waals surface area contributed by atoms with E-state index in [4.69, 9.17) is 21.1 Å². The lowest BCUT2D eigenvalue weighted by Gasteiger charge is -2.14. The summed E-state index contributed by atoms with van der Waals surface area (Å²) < 4.78 is 12.1. The second kappa shape index (κ2) is 6.16. The summed E-state index contributed by atoms with van der Waals surface area (Å²) in [7, 11) is 1.66. The van der Waals surface area contributed by atoms with Gasteiger partial charge in [-0.1, -0.05) is 27.5 Å². The van der Waals surface area contributed by atoms with Gasteiger partial charge in [-0.3, -0.25) is 0 Å². The summed E-state index contributed by atoms with van der Waals surface area (Å²) >= 11 is 9.65. The quantitative estimate of drug-likeness (QED) is 0.851. The van der Waals surface area contributed by atoms with Gasteiger partial charge in [0, 0.05) is 28.0 Å². The monoisotopic (exact) mass is 367 g/mol. The summed E-state index contributed by atoms with van der Waals surface area (Å²) in [6.07, 6.45) is 0.920. The summed E-state index contributed by atoms with van der Waals surface area (Å²) in [5.74, 6) is 1.76. The number of nitrogens with one attached hydrogen (secondary N) is 1. The van der Waals surface area contributed by atoms with Gasteiger partial charge in [-0.15, -0.1) is 0 Å². The average molecular weight is 369 g/mol. The van der Waals surface area contributed by atoms with Crippen LogP contribution >= 0.6 is 27.5 Å². The van der Waals surface area contributed by atoms with Gasteiger partial charge in [-0.05, 0) is 35.9 Å². The molecule has 0 aromatic heterocycles. The molecule has 1 aliphatic heterocycles. The number of ether oxygens (including phenoxy) is 2. The third-order valence-corrected chi connectivity index (χ3v) is 4.17. The van der Waals surface area contributed by atoms with Gasteiger partial charge in [0.1, 0.15) is 11.5 Å². The molecule has 0 radical (unpaired) electrons. The number of hydrogen-bond acceptors (Lipinski definition) is 3. The third kappa shape index (κ3) is 3.11. The van der Waals surface area contributed by atoms with Crippen molar-refractivity contribution in [2.24, 2.45) is 0 Å². The highest BCUT2D eigenvalue weighted by Crippen LogP contribution is 2.34. The van der Waals surface area contributed by atoms with Gasteiger partial charge in [-0.2, -0.15) is 0 Å². The zero-order valence-electron chi connectivity index (χ0n) is 11.6. The molecule has 3 rings (SSSR count). The lowest BCUT2D eigenvalue weighted by atomic mass is 10.1. The van der Waals surface area contributed by atoms with Crippen LogP contribution in [0, 0.1) is 0 Å². The predicted molar refractivity (Wildman–Crippen MR) is 88.7 cm³/mol. The molecule has 0 bridgehead atoms. The topological polar surface area (TPSA) is 30.5 Å². The second-order valence-corrected chi connectivity index (χ2v) is 6.20. The first-order chi connectivity index (χ1) is 10.2. The third-order valence-electron chi connectivity index (χ3n) is 3.46. The number of benzene rings is 2. The van der Waals surface area contributed by atoms with Crippen molar-refractivity contribution in [1.82, 2.24) is 0 Å². The molecule has 1 heterocycles. The molecule has 21 heavy (non-hydrogen) atoms. The van der Waals surface area contributed by atoms with Gasteiger partial charge in [0.25, 0.3) is 0 Å². The van der Waals surface area contributed by atoms with Crippen molar-refractivity contribution in [1.29, 1.82) is 0 Å². The van der Waals surface area contributed by atoms with Gasteiger partial charge >= 0.3 is 0 Å². The van der Waals surface area contributed by atoms with E-state index in [1.165, 1.54) is 5.56 Å². The van der Waals surface area contributed by atoms with Crippen LogP contribution in [0.25, 0.3) is 0 Å². The van der Waals surface area contributed by atoms with Gasteiger partial charge in [-0.25, -0.2) is 0 Å². The number of rotatable bonds is 4. The van der Waals surface area contributed by atoms with Crippen molar-refractivity contribution in [2.75, 3.05) is 19.0 Å². The minimum Gasteiger partial charge on any atom is -0.495 e. The van der Waals surface area contributed by atoms with E-state index < -0.39 is 0 Å². The molecule has 0 unspecified atom stereocenters. The molecule has 0 spiro atoms. The van der Waals surface area contributed by atoms with Crippen LogP contribution in [0.3, 0.4) is 0 Å². The fourth-order valence-corrected chi connectivity index (χ4v) is 3.11. The highest BCUT2D eigenvalue weighted by molar-refractivity contribution is 9.10. The second-order valence-electron chi connectivity index (χ2n) is 4.85. The SMILES string of the molecule is COc1ccc(Br)cc1NCc1cc(Cl)cc2c1OCC2. The highest BCUT2D eigenvalue weighted by Gasteiger charge is 2.17. The van der Waals surface area contributed by atoms with Crippen LogP contribution in [-0.4, -0.2) is 13.7 Å². The smallest absolute Gasteiger partial charge is 0.142 e. The van der Waals surface area contributed by atoms with E-state index in [1.54, 1.807) is 7.11 Å². The highest BCUT2D eigenvalue weighted by atomic mass is 79.9. The lowest BCUT2D eigenvalue weighted by molar-refractivity contribution is 0.354. The molecule has 0 saturated carbocycles. The van der Waals surface area contributed by atoms with Gasteiger partial charge in [0.05, 0.1) is 19.4 Å². The molecule has 0 amide bonds. The van der Waals surface area contributed by atoms with Gasteiger partial charge in [0.15, 0.2) is 0 Å². The average Bonchev–Trinajstić information content (AvgIpc) is 2.93. The molecule has 0 fully saturated rings. The van der Waals surface area contributed by atoms with E-state index in [9.17, 15) is 0 Å². The first-order valence-electron chi connectivity index (χ1n) is 6.69. The zero-order valence-corrected chi connectivity index (χ0v) is 13.9. The Hall–Kier alpha value is -1.39. The van der Waals surface area contributed by atoms with Crippen LogP contribution in [0.15, 0.2) is 34.8 Å². The Morgan fingerprint density at radius 3 is 3.00 bits per heavy atom. The van der Waals surface area contributed by atoms with Gasteiger partial charge in [0.2, 0.25) is 0 Å². The maximum absolute atomic E-state index is 6.18. The Morgan fingerprint density at radius 2 is 2.19 bits per heavy atom. The standard InChI is InChI=1S/C16H15BrClNO2/c1-20-15-3-2-12(17)8-14(15)19-9-11-7-13(18)6-10-4-5-21-16(10)11/h2-3,6-8,19H,4-5,9H2,1H3. The molecular formula is C16H15BrClNO2. The van der Waals surface area contributed by atoms with Crippen molar-refractivity contribution in [3.8, 4) is 11.5 Å². The number of anilines is 1. The lowest BCUT2D eigenvalue weighted by Crippen LogP contribution is -2.03. The molecule has 2 aromatic rings. The van der Waals surface area contributed by atoms with Crippen LogP contribution in [0.5, 0.6) is 11.5 Å². The van der Waals surface area contributed by atoms with Gasteiger partial charge < -0.3 is 14.8 Å². The Morgan fingerprint density at radius 1 is 1.33 bits per heavy atom. The molecule has 5 heteroatoms. The molecule has 2 aromatic carbocycles. The predicted octanol–water partition coefficient (Wildman–Crippen LogP) is 4.66. The number of fused-ring (bicyclic) bond motifs is 1. The molecular weight excluding hydrogens is 354 g/mol. The fraction of sp³-hybridized carbons (Fsp3) is 0.250. The largest absolute Gasteiger partial charge is 0.495 e. The van der Waals surface area contributed by atoms with Crippen LogP contribution in [0.2, 0.25) is 5.02 Å². The first-order valence-corrected chi connectivity index (χ1v) is 7.86. The molecule has 110 valence electrons. The van der Waals surface area contributed by atoms with Crippen molar-refractivity contribution >= 4 is 33.2 Å². The first kappa shape index (κ1) is 14.5. The number of methoxy groups -OCH3 is 1. The van der Waals surface area contributed by atoms with E-state index in [0.717, 1.165) is 45.3 Å². The van der Waals surface area contributed by atoms with Crippen molar-refractivity contribution in [2.45, 2.75) is 13.0 Å². The Labute approximate surface area is 137 Å². The van der Waals surface area contributed by atoms with E-state index >= 15 is 0 Å². The maximum atomic E-state index is 6.18. The van der Waals surface area contributed by atoms with E-state index in [-0.39, 0.29) is 0 Å². The normalized spacial score (nSPS) is 12.7. The molecule has 1 aliphatic rings. The van der Waals surface area contributed by atoms with E-state index in [1.807, 2.05) is 30.3 Å². The minimum absolute atomic E-state index is 0.635. The molecule has 1 N–H and O–H groups in total. The zero-order chi connectivity index (χ0) is 14.8. The fourth-order valence-electron chi connectivity index (χ4n) is 2.49. The summed E-state index contributed by atoms with van der Waals surface area (Å²) in [6.45, 7) is 1.36. The Kier molecular flexibility index (Phi) is 4.27. The van der Waals surface area contributed by atoms with Crippen LogP contribution in [0.1, 0.15) is 11.1 Å². The Balaban J connectivity index is 1.84. The molecule has 0 aliphatic carbocycles.